The quantitative estimate of drug-likeness (QED) is 0.359. The van der Waals surface area contributed by atoms with E-state index in [2.05, 4.69) is 6.58 Å². The molecular weight excluding hydrogens is 196 g/mol. The highest BCUT2D eigenvalue weighted by atomic mass is 16.6. The second-order valence-electron chi connectivity index (χ2n) is 3.93. The van der Waals surface area contributed by atoms with Crippen molar-refractivity contribution in [3.63, 3.8) is 0 Å². The summed E-state index contributed by atoms with van der Waals surface area (Å²) in [6.45, 7) is 4.60. The molecule has 0 amide bonds. The Morgan fingerprint density at radius 3 is 2.93 bits per heavy atom. The predicted octanol–water partition coefficient (Wildman–Crippen LogP) is 1.05. The lowest BCUT2D eigenvalue weighted by Crippen LogP contribution is -2.09. The number of hydrogen-bond acceptors (Lipinski definition) is 4. The topological polar surface area (TPSA) is 51.4 Å². The number of ether oxygens (including phenoxy) is 3. The van der Waals surface area contributed by atoms with E-state index in [-0.39, 0.29) is 18.2 Å². The second kappa shape index (κ2) is 4.77. The summed E-state index contributed by atoms with van der Waals surface area (Å²) in [6, 6.07) is 0. The molecule has 0 N–H and O–H groups in total. The molecule has 2 aliphatic rings. The molecule has 3 atom stereocenters. The number of hydrogen-bond donors (Lipinski definition) is 0. The van der Waals surface area contributed by atoms with Crippen LogP contribution in [-0.2, 0) is 19.0 Å². The van der Waals surface area contributed by atoms with Gasteiger partial charge in [0.25, 0.3) is 0 Å². The van der Waals surface area contributed by atoms with E-state index in [9.17, 15) is 4.79 Å². The summed E-state index contributed by atoms with van der Waals surface area (Å²) >= 11 is 0. The van der Waals surface area contributed by atoms with E-state index in [0.29, 0.717) is 12.7 Å². The molecule has 15 heavy (non-hydrogen) atoms. The van der Waals surface area contributed by atoms with Crippen molar-refractivity contribution in [1.29, 1.82) is 0 Å². The number of carbonyl (C=O) groups excluding carboxylic acids is 1. The average Bonchev–Trinajstić information content (AvgIpc) is 3.10. The maximum atomic E-state index is 10.7. The lowest BCUT2D eigenvalue weighted by molar-refractivity contribution is -0.138. The third kappa shape index (κ3) is 3.64. The Morgan fingerprint density at radius 2 is 2.27 bits per heavy atom. The first-order valence-corrected chi connectivity index (χ1v) is 5.36. The van der Waals surface area contributed by atoms with Crippen molar-refractivity contribution in [2.45, 2.75) is 37.6 Å². The van der Waals surface area contributed by atoms with Crippen molar-refractivity contribution < 1.29 is 19.0 Å². The molecule has 0 aromatic rings. The summed E-state index contributed by atoms with van der Waals surface area (Å²) in [5.41, 5.74) is 0. The van der Waals surface area contributed by atoms with E-state index in [1.165, 1.54) is 6.08 Å². The van der Waals surface area contributed by atoms with E-state index >= 15 is 0 Å². The van der Waals surface area contributed by atoms with Gasteiger partial charge in [-0.15, -0.1) is 0 Å². The predicted molar refractivity (Wildman–Crippen MR) is 53.4 cm³/mol. The van der Waals surface area contributed by atoms with Gasteiger partial charge in [-0.2, -0.15) is 0 Å². The monoisotopic (exact) mass is 212 g/mol. The Morgan fingerprint density at radius 1 is 1.47 bits per heavy atom. The van der Waals surface area contributed by atoms with Gasteiger partial charge in [0.05, 0.1) is 18.8 Å². The summed E-state index contributed by atoms with van der Waals surface area (Å²) in [5, 5.41) is 0. The Bertz CT molecular complexity index is 247. The maximum absolute atomic E-state index is 10.7. The molecule has 0 radical (unpaired) electrons. The van der Waals surface area contributed by atoms with E-state index in [1.54, 1.807) is 0 Å². The minimum atomic E-state index is -0.379. The van der Waals surface area contributed by atoms with Crippen molar-refractivity contribution in [2.75, 3.05) is 13.2 Å². The van der Waals surface area contributed by atoms with Crippen LogP contribution in [0.4, 0.5) is 0 Å². The van der Waals surface area contributed by atoms with Gasteiger partial charge in [-0.1, -0.05) is 6.58 Å². The summed E-state index contributed by atoms with van der Waals surface area (Å²) in [4.78, 5) is 10.7. The molecule has 2 fully saturated rings. The molecule has 4 nitrogen and oxygen atoms in total. The van der Waals surface area contributed by atoms with Crippen LogP contribution in [0, 0.1) is 0 Å². The number of carbonyl (C=O) groups is 1. The van der Waals surface area contributed by atoms with E-state index in [4.69, 9.17) is 14.2 Å². The van der Waals surface area contributed by atoms with Crippen molar-refractivity contribution in [2.24, 2.45) is 0 Å². The third-order valence-corrected chi connectivity index (χ3v) is 2.66. The van der Waals surface area contributed by atoms with Crippen LogP contribution in [0.15, 0.2) is 12.7 Å². The summed E-state index contributed by atoms with van der Waals surface area (Å²) in [7, 11) is 0. The second-order valence-corrected chi connectivity index (χ2v) is 3.93. The Hall–Kier alpha value is -0.870. The number of esters is 1. The van der Waals surface area contributed by atoms with Crippen LogP contribution in [0.3, 0.4) is 0 Å². The minimum Gasteiger partial charge on any atom is -0.460 e. The van der Waals surface area contributed by atoms with Crippen LogP contribution in [0.2, 0.25) is 0 Å². The van der Waals surface area contributed by atoms with Gasteiger partial charge in [-0.3, -0.25) is 0 Å². The van der Waals surface area contributed by atoms with Gasteiger partial charge in [0.15, 0.2) is 0 Å². The fourth-order valence-corrected chi connectivity index (χ4v) is 1.58. The molecule has 0 aliphatic carbocycles. The Balaban J connectivity index is 1.47. The summed E-state index contributed by atoms with van der Waals surface area (Å²) in [6.07, 6.45) is 5.34. The van der Waals surface area contributed by atoms with Crippen molar-refractivity contribution >= 4 is 5.97 Å². The Kier molecular flexibility index (Phi) is 3.38. The molecule has 2 rings (SSSR count). The highest BCUT2D eigenvalue weighted by Crippen LogP contribution is 2.28. The van der Waals surface area contributed by atoms with Gasteiger partial charge in [-0.05, 0) is 19.3 Å². The molecule has 2 aliphatic heterocycles. The van der Waals surface area contributed by atoms with Crippen molar-refractivity contribution in [3.05, 3.63) is 12.7 Å². The standard InChI is InChI=1S/C11H16O4/c1-2-11(12)14-7-10-9(15-10)5-3-4-8-6-13-8/h2,8-10H,1,3-7H2. The van der Waals surface area contributed by atoms with Gasteiger partial charge in [0, 0.05) is 6.08 Å². The molecule has 3 unspecified atom stereocenters. The van der Waals surface area contributed by atoms with Gasteiger partial charge < -0.3 is 14.2 Å². The maximum Gasteiger partial charge on any atom is 0.330 e. The van der Waals surface area contributed by atoms with Crippen LogP contribution < -0.4 is 0 Å². The average molecular weight is 212 g/mol. The fourth-order valence-electron chi connectivity index (χ4n) is 1.58. The normalized spacial score (nSPS) is 32.1. The molecule has 0 aromatic heterocycles. The van der Waals surface area contributed by atoms with Crippen LogP contribution in [0.1, 0.15) is 19.3 Å². The minimum absolute atomic E-state index is 0.106. The molecule has 0 spiro atoms. The zero-order valence-corrected chi connectivity index (χ0v) is 8.69. The molecule has 84 valence electrons. The van der Waals surface area contributed by atoms with E-state index in [1.807, 2.05) is 0 Å². The van der Waals surface area contributed by atoms with Crippen LogP contribution in [0.5, 0.6) is 0 Å². The molecule has 2 heterocycles. The van der Waals surface area contributed by atoms with Crippen molar-refractivity contribution in [3.8, 4) is 0 Å². The van der Waals surface area contributed by atoms with Crippen LogP contribution >= 0.6 is 0 Å². The first kappa shape index (κ1) is 10.6. The van der Waals surface area contributed by atoms with Crippen LogP contribution in [-0.4, -0.2) is 37.5 Å². The smallest absolute Gasteiger partial charge is 0.330 e. The highest BCUT2D eigenvalue weighted by Gasteiger charge is 2.39. The number of rotatable bonds is 7. The lowest BCUT2D eigenvalue weighted by atomic mass is 10.1. The molecule has 0 saturated carbocycles. The van der Waals surface area contributed by atoms with E-state index < -0.39 is 0 Å². The first-order chi connectivity index (χ1) is 7.29. The molecule has 2 saturated heterocycles. The Labute approximate surface area is 89.2 Å². The van der Waals surface area contributed by atoms with Gasteiger partial charge >= 0.3 is 5.97 Å². The zero-order chi connectivity index (χ0) is 10.7. The van der Waals surface area contributed by atoms with Crippen molar-refractivity contribution in [1.82, 2.24) is 0 Å². The first-order valence-electron chi connectivity index (χ1n) is 5.36. The third-order valence-electron chi connectivity index (χ3n) is 2.66. The highest BCUT2D eigenvalue weighted by molar-refractivity contribution is 5.81. The van der Waals surface area contributed by atoms with E-state index in [0.717, 1.165) is 25.9 Å². The number of epoxide rings is 2. The summed E-state index contributed by atoms with van der Waals surface area (Å²) in [5.74, 6) is -0.379. The van der Waals surface area contributed by atoms with Gasteiger partial charge in [0.2, 0.25) is 0 Å². The van der Waals surface area contributed by atoms with Gasteiger partial charge in [0.1, 0.15) is 12.7 Å². The largest absolute Gasteiger partial charge is 0.460 e. The molecular formula is C11H16O4. The van der Waals surface area contributed by atoms with Gasteiger partial charge in [-0.25, -0.2) is 4.79 Å². The lowest BCUT2D eigenvalue weighted by Gasteiger charge is -1.97. The molecule has 4 heteroatoms. The molecule has 0 aromatic carbocycles. The summed E-state index contributed by atoms with van der Waals surface area (Å²) < 4.78 is 15.4. The van der Waals surface area contributed by atoms with Crippen LogP contribution in [0.25, 0.3) is 0 Å². The fraction of sp³-hybridized carbons (Fsp3) is 0.727. The zero-order valence-electron chi connectivity index (χ0n) is 8.69. The molecule has 0 bridgehead atoms. The SMILES string of the molecule is C=CC(=O)OCC1OC1CCCC1CO1.